The SMILES string of the molecule is OCC1(Nc2nc(Cl)nc3ccsc23)CC1. The lowest BCUT2D eigenvalue weighted by Gasteiger charge is -2.15. The lowest BCUT2D eigenvalue weighted by Crippen LogP contribution is -2.26. The first-order valence-electron chi connectivity index (χ1n) is 5.02. The molecule has 0 bridgehead atoms. The summed E-state index contributed by atoms with van der Waals surface area (Å²) >= 11 is 7.43. The van der Waals surface area contributed by atoms with Crippen molar-refractivity contribution in [3.63, 3.8) is 0 Å². The maximum absolute atomic E-state index is 9.27. The first kappa shape index (κ1) is 10.3. The molecule has 2 N–H and O–H groups in total. The molecule has 1 saturated carbocycles. The molecule has 0 amide bonds. The molecule has 1 fully saturated rings. The average molecular weight is 256 g/mol. The van der Waals surface area contributed by atoms with Crippen molar-refractivity contribution in [1.29, 1.82) is 0 Å². The van der Waals surface area contributed by atoms with Crippen molar-refractivity contribution in [1.82, 2.24) is 9.97 Å². The third kappa shape index (κ3) is 1.65. The zero-order valence-corrected chi connectivity index (χ0v) is 9.98. The van der Waals surface area contributed by atoms with Crippen LogP contribution in [0.15, 0.2) is 11.4 Å². The number of hydrogen-bond acceptors (Lipinski definition) is 5. The van der Waals surface area contributed by atoms with Crippen LogP contribution in [0.5, 0.6) is 0 Å². The highest BCUT2D eigenvalue weighted by Gasteiger charge is 2.42. The Morgan fingerprint density at radius 2 is 2.31 bits per heavy atom. The largest absolute Gasteiger partial charge is 0.394 e. The summed E-state index contributed by atoms with van der Waals surface area (Å²) in [4.78, 5) is 8.32. The third-order valence-corrected chi connectivity index (χ3v) is 3.90. The number of thiophene rings is 1. The van der Waals surface area contributed by atoms with Crippen molar-refractivity contribution < 1.29 is 5.11 Å². The topological polar surface area (TPSA) is 58.0 Å². The number of rotatable bonds is 3. The molecule has 1 aliphatic carbocycles. The van der Waals surface area contributed by atoms with Gasteiger partial charge in [-0.2, -0.15) is 4.98 Å². The highest BCUT2D eigenvalue weighted by atomic mass is 35.5. The number of aromatic nitrogens is 2. The Labute approximate surface area is 101 Å². The van der Waals surface area contributed by atoms with E-state index in [0.29, 0.717) is 0 Å². The van der Waals surface area contributed by atoms with Crippen molar-refractivity contribution in [2.45, 2.75) is 18.4 Å². The Balaban J connectivity index is 2.05. The van der Waals surface area contributed by atoms with Crippen molar-refractivity contribution >= 4 is 39.0 Å². The van der Waals surface area contributed by atoms with E-state index in [1.165, 1.54) is 0 Å². The van der Waals surface area contributed by atoms with Gasteiger partial charge in [0.25, 0.3) is 0 Å². The van der Waals surface area contributed by atoms with Gasteiger partial charge < -0.3 is 10.4 Å². The summed E-state index contributed by atoms with van der Waals surface area (Å²) in [6, 6.07) is 1.91. The summed E-state index contributed by atoms with van der Waals surface area (Å²) in [5.74, 6) is 0.733. The van der Waals surface area contributed by atoms with E-state index in [9.17, 15) is 5.11 Å². The van der Waals surface area contributed by atoms with Gasteiger partial charge in [0, 0.05) is 0 Å². The highest BCUT2D eigenvalue weighted by molar-refractivity contribution is 7.17. The van der Waals surface area contributed by atoms with Crippen LogP contribution in [0.1, 0.15) is 12.8 Å². The van der Waals surface area contributed by atoms with E-state index < -0.39 is 0 Å². The maximum Gasteiger partial charge on any atom is 0.224 e. The van der Waals surface area contributed by atoms with Gasteiger partial charge in [0.05, 0.1) is 22.4 Å². The smallest absolute Gasteiger partial charge is 0.224 e. The van der Waals surface area contributed by atoms with Gasteiger partial charge in [-0.3, -0.25) is 0 Å². The Morgan fingerprint density at radius 3 is 3.00 bits per heavy atom. The van der Waals surface area contributed by atoms with Gasteiger partial charge >= 0.3 is 0 Å². The van der Waals surface area contributed by atoms with Crippen LogP contribution in [-0.4, -0.2) is 27.2 Å². The minimum atomic E-state index is -0.186. The molecule has 0 atom stereocenters. The maximum atomic E-state index is 9.27. The van der Waals surface area contributed by atoms with Gasteiger partial charge in [-0.05, 0) is 35.9 Å². The first-order chi connectivity index (χ1) is 7.72. The standard InChI is InChI=1S/C10H10ClN3OS/c11-9-12-6-1-4-16-7(6)8(13-9)14-10(5-15)2-3-10/h1,4,15H,2-3,5H2,(H,12,13,14). The van der Waals surface area contributed by atoms with E-state index in [2.05, 4.69) is 15.3 Å². The second-order valence-electron chi connectivity index (χ2n) is 4.04. The van der Waals surface area contributed by atoms with Gasteiger partial charge in [0.15, 0.2) is 0 Å². The van der Waals surface area contributed by atoms with Gasteiger partial charge in [-0.1, -0.05) is 0 Å². The van der Waals surface area contributed by atoms with Gasteiger partial charge in [0.1, 0.15) is 5.82 Å². The fourth-order valence-electron chi connectivity index (χ4n) is 1.64. The number of aliphatic hydroxyl groups excluding tert-OH is 1. The summed E-state index contributed by atoms with van der Waals surface area (Å²) in [6.07, 6.45) is 1.94. The normalized spacial score (nSPS) is 17.6. The minimum absolute atomic E-state index is 0.126. The van der Waals surface area contributed by atoms with Crippen LogP contribution in [0, 0.1) is 0 Å². The molecule has 0 saturated heterocycles. The van der Waals surface area contributed by atoms with Gasteiger partial charge in [-0.15, -0.1) is 11.3 Å². The van der Waals surface area contributed by atoms with Crippen LogP contribution < -0.4 is 5.32 Å². The van der Waals surface area contributed by atoms with Gasteiger partial charge in [-0.25, -0.2) is 4.98 Å². The average Bonchev–Trinajstić information content (AvgIpc) is 2.87. The molecular formula is C10H10ClN3OS. The molecule has 2 aromatic heterocycles. The van der Waals surface area contributed by atoms with Crippen molar-refractivity contribution in [2.24, 2.45) is 0 Å². The number of halogens is 1. The van der Waals surface area contributed by atoms with Crippen molar-refractivity contribution in [3.05, 3.63) is 16.7 Å². The summed E-state index contributed by atoms with van der Waals surface area (Å²) in [6.45, 7) is 0.126. The second-order valence-corrected chi connectivity index (χ2v) is 5.29. The predicted molar refractivity (Wildman–Crippen MR) is 65.1 cm³/mol. The Hall–Kier alpha value is -0.910. The lowest BCUT2D eigenvalue weighted by molar-refractivity contribution is 0.266. The molecule has 0 spiro atoms. The molecule has 0 aliphatic heterocycles. The van der Waals surface area contributed by atoms with Crippen LogP contribution in [0.4, 0.5) is 5.82 Å². The molecule has 0 aromatic carbocycles. The Kier molecular flexibility index (Phi) is 2.27. The lowest BCUT2D eigenvalue weighted by atomic mass is 10.3. The summed E-state index contributed by atoms with van der Waals surface area (Å²) in [5, 5.41) is 14.7. The molecule has 0 unspecified atom stereocenters. The Bertz CT molecular complexity index is 538. The predicted octanol–water partition coefficient (Wildman–Crippen LogP) is 2.28. The fraction of sp³-hybridized carbons (Fsp3) is 0.400. The Morgan fingerprint density at radius 1 is 1.50 bits per heavy atom. The first-order valence-corrected chi connectivity index (χ1v) is 6.28. The zero-order chi connectivity index (χ0) is 11.2. The van der Waals surface area contributed by atoms with E-state index >= 15 is 0 Å². The molecule has 2 heterocycles. The number of nitrogens with zero attached hydrogens (tertiary/aromatic N) is 2. The van der Waals surface area contributed by atoms with E-state index in [4.69, 9.17) is 11.6 Å². The quantitative estimate of drug-likeness (QED) is 0.827. The minimum Gasteiger partial charge on any atom is -0.394 e. The van der Waals surface area contributed by atoms with E-state index in [-0.39, 0.29) is 17.4 Å². The summed E-state index contributed by atoms with van der Waals surface area (Å²) in [7, 11) is 0. The molecular weight excluding hydrogens is 246 g/mol. The summed E-state index contributed by atoms with van der Waals surface area (Å²) in [5.41, 5.74) is 0.662. The molecule has 84 valence electrons. The van der Waals surface area contributed by atoms with Crippen LogP contribution in [0.2, 0.25) is 5.28 Å². The van der Waals surface area contributed by atoms with E-state index in [1.807, 2.05) is 11.4 Å². The van der Waals surface area contributed by atoms with Crippen molar-refractivity contribution in [3.8, 4) is 0 Å². The zero-order valence-electron chi connectivity index (χ0n) is 8.40. The molecule has 4 nitrogen and oxygen atoms in total. The van der Waals surface area contributed by atoms with Crippen LogP contribution in [0.3, 0.4) is 0 Å². The molecule has 16 heavy (non-hydrogen) atoms. The molecule has 1 aliphatic rings. The van der Waals surface area contributed by atoms with E-state index in [0.717, 1.165) is 28.9 Å². The third-order valence-electron chi connectivity index (χ3n) is 2.82. The fourth-order valence-corrected chi connectivity index (χ4v) is 2.60. The van der Waals surface area contributed by atoms with Crippen molar-refractivity contribution in [2.75, 3.05) is 11.9 Å². The number of nitrogens with one attached hydrogen (secondary N) is 1. The van der Waals surface area contributed by atoms with Crippen LogP contribution in [0.25, 0.3) is 10.2 Å². The van der Waals surface area contributed by atoms with Gasteiger partial charge in [0.2, 0.25) is 5.28 Å². The number of hydrogen-bond donors (Lipinski definition) is 2. The molecule has 2 aromatic rings. The second kappa shape index (κ2) is 3.55. The number of anilines is 1. The monoisotopic (exact) mass is 255 g/mol. The number of fused-ring (bicyclic) bond motifs is 1. The summed E-state index contributed by atoms with van der Waals surface area (Å²) < 4.78 is 0.990. The number of aliphatic hydroxyl groups is 1. The van der Waals surface area contributed by atoms with Crippen LogP contribution in [-0.2, 0) is 0 Å². The van der Waals surface area contributed by atoms with Crippen LogP contribution >= 0.6 is 22.9 Å². The highest BCUT2D eigenvalue weighted by Crippen LogP contribution is 2.40. The molecule has 3 rings (SSSR count). The molecule has 0 radical (unpaired) electrons. The molecule has 6 heteroatoms. The van der Waals surface area contributed by atoms with E-state index in [1.54, 1.807) is 11.3 Å².